The topological polar surface area (TPSA) is 67.4 Å². The second-order valence-corrected chi connectivity index (χ2v) is 6.38. The van der Waals surface area contributed by atoms with Gasteiger partial charge in [0.15, 0.2) is 0 Å². The molecule has 0 atom stereocenters. The average Bonchev–Trinajstić information content (AvgIpc) is 2.60. The van der Waals surface area contributed by atoms with E-state index in [4.69, 9.17) is 4.74 Å². The molecule has 0 saturated heterocycles. The molecular weight excluding hydrogens is 384 g/mol. The predicted octanol–water partition coefficient (Wildman–Crippen LogP) is 4.00. The third kappa shape index (κ3) is 6.58. The lowest BCUT2D eigenvalue weighted by Crippen LogP contribution is -2.32. The number of benzene rings is 2. The third-order valence-electron chi connectivity index (χ3n) is 3.40. The Morgan fingerprint density at radius 2 is 1.88 bits per heavy atom. The van der Waals surface area contributed by atoms with Crippen molar-refractivity contribution in [3.8, 4) is 5.75 Å². The van der Waals surface area contributed by atoms with Crippen LogP contribution >= 0.6 is 15.9 Å². The fourth-order valence-electron chi connectivity index (χ4n) is 2.07. The zero-order valence-electron chi connectivity index (χ0n) is 14.0. The van der Waals surface area contributed by atoms with Crippen LogP contribution in [-0.2, 0) is 4.79 Å². The first-order valence-corrected chi connectivity index (χ1v) is 8.94. The Morgan fingerprint density at radius 1 is 1.12 bits per heavy atom. The van der Waals surface area contributed by atoms with E-state index < -0.39 is 0 Å². The molecule has 0 unspecified atom stereocenters. The summed E-state index contributed by atoms with van der Waals surface area (Å²) in [6, 6.07) is 14.1. The van der Waals surface area contributed by atoms with Crippen molar-refractivity contribution in [2.24, 2.45) is 0 Å². The molecule has 0 bridgehead atoms. The molecule has 0 fully saturated rings. The highest BCUT2D eigenvalue weighted by Crippen LogP contribution is 2.15. The van der Waals surface area contributed by atoms with Gasteiger partial charge in [-0.1, -0.05) is 35.3 Å². The van der Waals surface area contributed by atoms with E-state index in [0.29, 0.717) is 17.9 Å². The Morgan fingerprint density at radius 3 is 2.56 bits per heavy atom. The van der Waals surface area contributed by atoms with Crippen molar-refractivity contribution in [2.75, 3.05) is 18.5 Å². The summed E-state index contributed by atoms with van der Waals surface area (Å²) < 4.78 is 6.43. The van der Waals surface area contributed by atoms with Gasteiger partial charge in [0, 0.05) is 15.7 Å². The summed E-state index contributed by atoms with van der Waals surface area (Å²) in [4.78, 5) is 24.0. The number of halogens is 1. The van der Waals surface area contributed by atoms with Crippen LogP contribution in [0.25, 0.3) is 0 Å². The quantitative estimate of drug-likeness (QED) is 0.653. The summed E-state index contributed by atoms with van der Waals surface area (Å²) in [6.45, 7) is 2.67. The van der Waals surface area contributed by atoms with Crippen LogP contribution in [0.2, 0.25) is 0 Å². The maximum atomic E-state index is 12.1. The van der Waals surface area contributed by atoms with E-state index in [2.05, 4.69) is 33.5 Å². The molecule has 5 nitrogen and oxygen atoms in total. The van der Waals surface area contributed by atoms with E-state index in [1.165, 1.54) is 0 Å². The summed E-state index contributed by atoms with van der Waals surface area (Å²) in [6.07, 6.45) is 2.07. The van der Waals surface area contributed by atoms with Gasteiger partial charge in [0.05, 0.1) is 13.2 Å². The number of carbonyl (C=O) groups is 2. The second-order valence-electron chi connectivity index (χ2n) is 5.47. The summed E-state index contributed by atoms with van der Waals surface area (Å²) >= 11 is 3.34. The van der Waals surface area contributed by atoms with Crippen LogP contribution in [0.15, 0.2) is 53.0 Å². The minimum Gasteiger partial charge on any atom is -0.494 e. The number of carbonyl (C=O) groups excluding carboxylic acids is 2. The van der Waals surface area contributed by atoms with Gasteiger partial charge in [0.2, 0.25) is 5.91 Å². The van der Waals surface area contributed by atoms with E-state index in [-0.39, 0.29) is 18.4 Å². The molecule has 0 aliphatic heterocycles. The van der Waals surface area contributed by atoms with E-state index in [1.54, 1.807) is 36.4 Å². The zero-order valence-corrected chi connectivity index (χ0v) is 15.6. The van der Waals surface area contributed by atoms with Crippen molar-refractivity contribution in [3.63, 3.8) is 0 Å². The maximum absolute atomic E-state index is 12.1. The van der Waals surface area contributed by atoms with Gasteiger partial charge in [-0.3, -0.25) is 9.59 Å². The van der Waals surface area contributed by atoms with E-state index >= 15 is 0 Å². The molecule has 132 valence electrons. The first-order valence-electron chi connectivity index (χ1n) is 8.15. The van der Waals surface area contributed by atoms with Gasteiger partial charge >= 0.3 is 0 Å². The van der Waals surface area contributed by atoms with Crippen molar-refractivity contribution in [1.29, 1.82) is 0 Å². The minimum atomic E-state index is -0.301. The van der Waals surface area contributed by atoms with Gasteiger partial charge in [0.25, 0.3) is 5.91 Å². The fourth-order valence-corrected chi connectivity index (χ4v) is 2.47. The number of amides is 2. The zero-order chi connectivity index (χ0) is 18.1. The Kier molecular flexibility index (Phi) is 7.47. The minimum absolute atomic E-state index is 0.0971. The number of hydrogen-bond donors (Lipinski definition) is 2. The monoisotopic (exact) mass is 404 g/mol. The van der Waals surface area contributed by atoms with Crippen molar-refractivity contribution in [2.45, 2.75) is 19.8 Å². The number of anilines is 1. The molecule has 2 aromatic carbocycles. The number of hydrogen-bond acceptors (Lipinski definition) is 3. The SMILES string of the molecule is CCCCOc1ccc(C(=O)NCC(=O)Nc2cccc(Br)c2)cc1. The molecule has 0 spiro atoms. The Bertz CT molecular complexity index is 717. The predicted molar refractivity (Wildman–Crippen MR) is 102 cm³/mol. The van der Waals surface area contributed by atoms with Crippen LogP contribution in [0, 0.1) is 0 Å². The van der Waals surface area contributed by atoms with E-state index in [9.17, 15) is 9.59 Å². The lowest BCUT2D eigenvalue weighted by molar-refractivity contribution is -0.115. The van der Waals surface area contributed by atoms with E-state index in [1.807, 2.05) is 12.1 Å². The molecule has 6 heteroatoms. The third-order valence-corrected chi connectivity index (χ3v) is 3.89. The molecular formula is C19H21BrN2O3. The largest absolute Gasteiger partial charge is 0.494 e. The Balaban J connectivity index is 1.80. The van der Waals surface area contributed by atoms with Crippen molar-refractivity contribution < 1.29 is 14.3 Å². The second kappa shape index (κ2) is 9.84. The summed E-state index contributed by atoms with van der Waals surface area (Å²) in [5, 5.41) is 5.33. The number of rotatable bonds is 8. The van der Waals surface area contributed by atoms with Crippen LogP contribution in [0.3, 0.4) is 0 Å². The van der Waals surface area contributed by atoms with Crippen molar-refractivity contribution in [3.05, 3.63) is 58.6 Å². The van der Waals surface area contributed by atoms with Gasteiger partial charge in [-0.05, 0) is 48.9 Å². The Labute approximate surface area is 155 Å². The van der Waals surface area contributed by atoms with Crippen LogP contribution in [0.1, 0.15) is 30.1 Å². The molecule has 25 heavy (non-hydrogen) atoms. The molecule has 0 aliphatic carbocycles. The lowest BCUT2D eigenvalue weighted by atomic mass is 10.2. The van der Waals surface area contributed by atoms with Crippen LogP contribution < -0.4 is 15.4 Å². The molecule has 0 saturated carbocycles. The number of ether oxygens (including phenoxy) is 1. The molecule has 0 aliphatic rings. The molecule has 2 N–H and O–H groups in total. The van der Waals surface area contributed by atoms with Gasteiger partial charge in [-0.2, -0.15) is 0 Å². The molecule has 2 aromatic rings. The fraction of sp³-hybridized carbons (Fsp3) is 0.263. The summed E-state index contributed by atoms with van der Waals surface area (Å²) in [7, 11) is 0. The van der Waals surface area contributed by atoms with Gasteiger partial charge in [-0.25, -0.2) is 0 Å². The molecule has 0 aromatic heterocycles. The lowest BCUT2D eigenvalue weighted by Gasteiger charge is -2.08. The smallest absolute Gasteiger partial charge is 0.251 e. The van der Waals surface area contributed by atoms with E-state index in [0.717, 1.165) is 23.1 Å². The van der Waals surface area contributed by atoms with Crippen molar-refractivity contribution >= 4 is 33.4 Å². The normalized spacial score (nSPS) is 10.2. The molecule has 0 radical (unpaired) electrons. The van der Waals surface area contributed by atoms with Crippen LogP contribution in [-0.4, -0.2) is 25.0 Å². The molecule has 2 rings (SSSR count). The first-order chi connectivity index (χ1) is 12.1. The van der Waals surface area contributed by atoms with Gasteiger partial charge in [0.1, 0.15) is 5.75 Å². The van der Waals surface area contributed by atoms with Crippen molar-refractivity contribution in [1.82, 2.24) is 5.32 Å². The maximum Gasteiger partial charge on any atom is 0.251 e. The highest BCUT2D eigenvalue weighted by Gasteiger charge is 2.08. The van der Waals surface area contributed by atoms with Gasteiger partial charge < -0.3 is 15.4 Å². The van der Waals surface area contributed by atoms with Crippen LogP contribution in [0.4, 0.5) is 5.69 Å². The van der Waals surface area contributed by atoms with Crippen LogP contribution in [0.5, 0.6) is 5.75 Å². The summed E-state index contributed by atoms with van der Waals surface area (Å²) in [5.41, 5.74) is 1.15. The molecule has 2 amide bonds. The summed E-state index contributed by atoms with van der Waals surface area (Å²) in [5.74, 6) is 0.146. The molecule has 0 heterocycles. The standard InChI is InChI=1S/C19H21BrN2O3/c1-2-3-11-25-17-9-7-14(8-10-17)19(24)21-13-18(23)22-16-6-4-5-15(20)12-16/h4-10,12H,2-3,11,13H2,1H3,(H,21,24)(H,22,23). The number of unbranched alkanes of at least 4 members (excludes halogenated alkanes) is 1. The highest BCUT2D eigenvalue weighted by atomic mass is 79.9. The highest BCUT2D eigenvalue weighted by molar-refractivity contribution is 9.10. The van der Waals surface area contributed by atoms with Gasteiger partial charge in [-0.15, -0.1) is 0 Å². The Hall–Kier alpha value is -2.34. The number of nitrogens with one attached hydrogen (secondary N) is 2. The first kappa shape index (κ1) is 19.0. The average molecular weight is 405 g/mol.